The molecule has 0 fully saturated rings. The Kier molecular flexibility index (Phi) is 3.69. The average molecular weight is 270 g/mol. The summed E-state index contributed by atoms with van der Waals surface area (Å²) in [6, 6.07) is 4.44. The summed E-state index contributed by atoms with van der Waals surface area (Å²) in [6.45, 7) is 0. The summed E-state index contributed by atoms with van der Waals surface area (Å²) in [5.74, 6) is -0.923. The predicted molar refractivity (Wildman–Crippen MR) is 45.5 cm³/mol. The van der Waals surface area contributed by atoms with Gasteiger partial charge in [-0.05, 0) is 6.07 Å². The molecule has 0 aliphatic heterocycles. The molecule has 98 valence electrons. The van der Waals surface area contributed by atoms with Crippen LogP contribution in [0.3, 0.4) is 0 Å². The molecule has 0 amide bonds. The summed E-state index contributed by atoms with van der Waals surface area (Å²) in [5.41, 5.74) is -0.351. The Morgan fingerprint density at radius 3 is 2.11 bits per heavy atom. The molecule has 18 heavy (non-hydrogen) atoms. The first-order chi connectivity index (χ1) is 8.14. The molecule has 1 aromatic heterocycles. The molecule has 0 bridgehead atoms. The second-order valence-electron chi connectivity index (χ2n) is 3.05. The summed E-state index contributed by atoms with van der Waals surface area (Å²) >= 11 is 0. The molecule has 0 unspecified atom stereocenters. The molecule has 1 heterocycles. The average Bonchev–Trinajstić information content (AvgIpc) is 2.23. The van der Waals surface area contributed by atoms with Crippen LogP contribution in [0.5, 0.6) is 5.88 Å². The van der Waals surface area contributed by atoms with E-state index in [0.29, 0.717) is 0 Å². The number of ether oxygens (including phenoxy) is 1. The molecule has 0 spiro atoms. The van der Waals surface area contributed by atoms with Crippen molar-refractivity contribution in [2.24, 2.45) is 0 Å². The third-order valence-electron chi connectivity index (χ3n) is 1.67. The molecule has 0 saturated heterocycles. The Morgan fingerprint density at radius 1 is 1.11 bits per heavy atom. The first-order valence-electron chi connectivity index (χ1n) is 4.32. The van der Waals surface area contributed by atoms with Crippen molar-refractivity contribution >= 4 is 0 Å². The Balaban J connectivity index is 3.01. The smallest absolute Gasteiger partial charge is 0.434 e. The Hall–Kier alpha value is -1.98. The number of hydrogen-bond acceptors (Lipinski definition) is 3. The molecular formula is C9H4F6N2O. The standard InChI is InChI=1S/C9H4F6N2O/c10-8(11,12)7(9(13,14)15)18-6-3-1-2-5(4-16)17-6/h1-3,7H. The van der Waals surface area contributed by atoms with E-state index >= 15 is 0 Å². The van der Waals surface area contributed by atoms with Gasteiger partial charge in [-0.3, -0.25) is 0 Å². The molecular weight excluding hydrogens is 266 g/mol. The maximum absolute atomic E-state index is 12.1. The lowest BCUT2D eigenvalue weighted by molar-refractivity contribution is -0.300. The zero-order chi connectivity index (χ0) is 14.0. The number of alkyl halides is 6. The van der Waals surface area contributed by atoms with Crippen LogP contribution < -0.4 is 4.74 Å². The van der Waals surface area contributed by atoms with Crippen LogP contribution in [0.1, 0.15) is 5.69 Å². The summed E-state index contributed by atoms with van der Waals surface area (Å²) in [5, 5.41) is 8.40. The van der Waals surface area contributed by atoms with E-state index in [1.165, 1.54) is 6.07 Å². The van der Waals surface area contributed by atoms with Crippen LogP contribution >= 0.6 is 0 Å². The Morgan fingerprint density at radius 2 is 1.67 bits per heavy atom. The van der Waals surface area contributed by atoms with Crippen LogP contribution in [-0.2, 0) is 0 Å². The number of aromatic nitrogens is 1. The van der Waals surface area contributed by atoms with E-state index in [4.69, 9.17) is 5.26 Å². The third-order valence-corrected chi connectivity index (χ3v) is 1.67. The fourth-order valence-electron chi connectivity index (χ4n) is 0.983. The van der Waals surface area contributed by atoms with Crippen LogP contribution in [0.4, 0.5) is 26.3 Å². The van der Waals surface area contributed by atoms with Crippen molar-refractivity contribution in [3.05, 3.63) is 23.9 Å². The normalized spacial score (nSPS) is 12.3. The maximum Gasteiger partial charge on any atom is 0.434 e. The molecule has 3 nitrogen and oxygen atoms in total. The molecule has 9 heteroatoms. The van der Waals surface area contributed by atoms with Gasteiger partial charge in [-0.15, -0.1) is 0 Å². The highest BCUT2D eigenvalue weighted by Crippen LogP contribution is 2.35. The van der Waals surface area contributed by atoms with Gasteiger partial charge in [-0.25, -0.2) is 4.98 Å². The first kappa shape index (κ1) is 14.1. The van der Waals surface area contributed by atoms with Crippen LogP contribution in [-0.4, -0.2) is 23.4 Å². The van der Waals surface area contributed by atoms with Crippen molar-refractivity contribution in [2.75, 3.05) is 0 Å². The summed E-state index contributed by atoms with van der Waals surface area (Å²) in [6.07, 6.45) is -15.2. The lowest BCUT2D eigenvalue weighted by Gasteiger charge is -2.23. The summed E-state index contributed by atoms with van der Waals surface area (Å²) in [7, 11) is 0. The zero-order valence-corrected chi connectivity index (χ0v) is 8.38. The van der Waals surface area contributed by atoms with E-state index in [2.05, 4.69) is 9.72 Å². The molecule has 0 saturated carbocycles. The fraction of sp³-hybridized carbons (Fsp3) is 0.333. The number of halogens is 6. The molecule has 1 aromatic rings. The molecule has 0 aliphatic rings. The number of pyridine rings is 1. The van der Waals surface area contributed by atoms with Gasteiger partial charge in [0.15, 0.2) is 0 Å². The minimum absolute atomic E-state index is 0.351. The molecule has 0 aliphatic carbocycles. The van der Waals surface area contributed by atoms with Crippen molar-refractivity contribution in [3.8, 4) is 11.9 Å². The van der Waals surface area contributed by atoms with Gasteiger partial charge < -0.3 is 4.74 Å². The maximum atomic E-state index is 12.1. The van der Waals surface area contributed by atoms with Gasteiger partial charge in [0, 0.05) is 6.07 Å². The Bertz CT molecular complexity index is 447. The predicted octanol–water partition coefficient (Wildman–Crippen LogP) is 2.83. The number of nitrogens with zero attached hydrogens (tertiary/aromatic N) is 2. The minimum Gasteiger partial charge on any atom is -0.455 e. The lowest BCUT2D eigenvalue weighted by Crippen LogP contribution is -2.46. The highest BCUT2D eigenvalue weighted by Gasteiger charge is 2.59. The minimum atomic E-state index is -5.62. The van der Waals surface area contributed by atoms with Gasteiger partial charge in [-0.1, -0.05) is 6.07 Å². The zero-order valence-electron chi connectivity index (χ0n) is 8.38. The molecule has 1 rings (SSSR count). The summed E-state index contributed by atoms with van der Waals surface area (Å²) in [4.78, 5) is 3.17. The quantitative estimate of drug-likeness (QED) is 0.776. The number of nitriles is 1. The number of rotatable bonds is 2. The molecule has 0 radical (unpaired) electrons. The highest BCUT2D eigenvalue weighted by molar-refractivity contribution is 5.25. The van der Waals surface area contributed by atoms with Gasteiger partial charge in [0.05, 0.1) is 0 Å². The van der Waals surface area contributed by atoms with Crippen molar-refractivity contribution in [3.63, 3.8) is 0 Å². The van der Waals surface area contributed by atoms with Crippen molar-refractivity contribution in [1.82, 2.24) is 4.98 Å². The van der Waals surface area contributed by atoms with Crippen molar-refractivity contribution in [2.45, 2.75) is 18.5 Å². The molecule has 0 N–H and O–H groups in total. The van der Waals surface area contributed by atoms with Gasteiger partial charge >= 0.3 is 12.4 Å². The van der Waals surface area contributed by atoms with Crippen LogP contribution in [0.25, 0.3) is 0 Å². The first-order valence-corrected chi connectivity index (χ1v) is 4.32. The molecule has 0 aromatic carbocycles. The van der Waals surface area contributed by atoms with E-state index in [0.717, 1.165) is 18.2 Å². The lowest BCUT2D eigenvalue weighted by atomic mass is 10.3. The third kappa shape index (κ3) is 3.51. The monoisotopic (exact) mass is 270 g/mol. The van der Waals surface area contributed by atoms with Crippen LogP contribution in [0, 0.1) is 11.3 Å². The van der Waals surface area contributed by atoms with E-state index in [1.807, 2.05) is 0 Å². The van der Waals surface area contributed by atoms with E-state index in [1.54, 1.807) is 0 Å². The van der Waals surface area contributed by atoms with Crippen molar-refractivity contribution in [1.29, 1.82) is 5.26 Å². The van der Waals surface area contributed by atoms with E-state index in [9.17, 15) is 26.3 Å². The highest BCUT2D eigenvalue weighted by atomic mass is 19.4. The molecule has 0 atom stereocenters. The van der Waals surface area contributed by atoms with Gasteiger partial charge in [0.25, 0.3) is 6.10 Å². The largest absolute Gasteiger partial charge is 0.455 e. The van der Waals surface area contributed by atoms with Crippen LogP contribution in [0.15, 0.2) is 18.2 Å². The SMILES string of the molecule is N#Cc1cccc(OC(C(F)(F)F)C(F)(F)F)n1. The second kappa shape index (κ2) is 4.72. The fourth-order valence-corrected chi connectivity index (χ4v) is 0.983. The van der Waals surface area contributed by atoms with Crippen molar-refractivity contribution < 1.29 is 31.1 Å². The van der Waals surface area contributed by atoms with Crippen LogP contribution in [0.2, 0.25) is 0 Å². The Labute approximate surface area is 96.6 Å². The summed E-state index contributed by atoms with van der Waals surface area (Å²) < 4.78 is 76.7. The van der Waals surface area contributed by atoms with Gasteiger partial charge in [-0.2, -0.15) is 31.6 Å². The van der Waals surface area contributed by atoms with E-state index in [-0.39, 0.29) is 5.69 Å². The van der Waals surface area contributed by atoms with Gasteiger partial charge in [0.2, 0.25) is 5.88 Å². The van der Waals surface area contributed by atoms with Gasteiger partial charge in [0.1, 0.15) is 11.8 Å². The van der Waals surface area contributed by atoms with E-state index < -0.39 is 24.3 Å². The topological polar surface area (TPSA) is 45.9 Å². The second-order valence-corrected chi connectivity index (χ2v) is 3.05. The number of hydrogen-bond donors (Lipinski definition) is 0.